The third-order valence-corrected chi connectivity index (χ3v) is 2.90. The second-order valence-corrected chi connectivity index (χ2v) is 4.54. The molecule has 6 N–H and O–H groups in total. The van der Waals surface area contributed by atoms with Gasteiger partial charge >= 0.3 is 5.97 Å². The summed E-state index contributed by atoms with van der Waals surface area (Å²) >= 11 is 3.94. The van der Waals surface area contributed by atoms with Crippen LogP contribution in [-0.2, 0) is 19.2 Å². The number of carboxylic acids is 1. The highest BCUT2D eigenvalue weighted by atomic mass is 32.1. The van der Waals surface area contributed by atoms with Crippen molar-refractivity contribution in [2.75, 3.05) is 19.3 Å². The summed E-state index contributed by atoms with van der Waals surface area (Å²) in [5.41, 5.74) is 5.27. The number of thiol groups is 1. The first-order valence-electron chi connectivity index (χ1n) is 6.18. The molecule has 0 aromatic heterocycles. The number of amides is 3. The minimum absolute atomic E-state index is 0.0380. The second-order valence-electron chi connectivity index (χ2n) is 4.18. The number of hydrogen-bond donors (Lipinski definition) is 6. The summed E-state index contributed by atoms with van der Waals surface area (Å²) in [7, 11) is 1.43. The summed E-state index contributed by atoms with van der Waals surface area (Å²) in [6.07, 6.45) is -0.166. The highest BCUT2D eigenvalue weighted by molar-refractivity contribution is 7.80. The third-order valence-electron chi connectivity index (χ3n) is 2.54. The lowest BCUT2D eigenvalue weighted by atomic mass is 10.1. The molecule has 10 heteroatoms. The van der Waals surface area contributed by atoms with Crippen LogP contribution >= 0.6 is 12.6 Å². The van der Waals surface area contributed by atoms with Crippen molar-refractivity contribution in [2.45, 2.75) is 24.9 Å². The summed E-state index contributed by atoms with van der Waals surface area (Å²) in [5, 5.41) is 15.7. The number of carbonyl (C=O) groups is 4. The third kappa shape index (κ3) is 8.15. The predicted octanol–water partition coefficient (Wildman–Crippen LogP) is -2.54. The molecule has 2 unspecified atom stereocenters. The van der Waals surface area contributed by atoms with Gasteiger partial charge in [0, 0.05) is 19.2 Å². The summed E-state index contributed by atoms with van der Waals surface area (Å²) < 4.78 is 0. The number of nitrogens with two attached hydrogens (primary N) is 1. The van der Waals surface area contributed by atoms with Gasteiger partial charge in [-0.15, -0.1) is 0 Å². The van der Waals surface area contributed by atoms with E-state index in [9.17, 15) is 19.2 Å². The Morgan fingerprint density at radius 2 is 1.86 bits per heavy atom. The number of likely N-dealkylation sites (N-methyl/N-ethyl adjacent to an activating group) is 1. The minimum Gasteiger partial charge on any atom is -0.480 e. The predicted molar refractivity (Wildman–Crippen MR) is 77.7 cm³/mol. The molecule has 0 aliphatic heterocycles. The van der Waals surface area contributed by atoms with Crippen molar-refractivity contribution in [1.82, 2.24) is 16.0 Å². The Bertz CT molecular complexity index is 404. The van der Waals surface area contributed by atoms with Gasteiger partial charge in [0.15, 0.2) is 0 Å². The van der Waals surface area contributed by atoms with Crippen LogP contribution in [0.25, 0.3) is 0 Å². The number of carboxylic acid groups (broad SMARTS) is 1. The maximum atomic E-state index is 11.7. The average Bonchev–Trinajstić information content (AvgIpc) is 2.46. The zero-order valence-corrected chi connectivity index (χ0v) is 12.5. The zero-order chi connectivity index (χ0) is 16.4. The fraction of sp³-hybridized carbons (Fsp3) is 0.636. The summed E-state index contributed by atoms with van der Waals surface area (Å²) in [5.74, 6) is -2.60. The van der Waals surface area contributed by atoms with E-state index < -0.39 is 29.9 Å². The van der Waals surface area contributed by atoms with Crippen molar-refractivity contribution in [3.05, 3.63) is 0 Å². The molecule has 0 saturated carbocycles. The molecule has 0 spiro atoms. The van der Waals surface area contributed by atoms with Crippen molar-refractivity contribution in [1.29, 1.82) is 0 Å². The van der Waals surface area contributed by atoms with Gasteiger partial charge in [-0.3, -0.25) is 19.2 Å². The molecular weight excluding hydrogens is 300 g/mol. The molecule has 0 radical (unpaired) electrons. The Kier molecular flexibility index (Phi) is 9.13. The van der Waals surface area contributed by atoms with Crippen molar-refractivity contribution in [3.8, 4) is 0 Å². The Morgan fingerprint density at radius 1 is 1.24 bits per heavy atom. The SMILES string of the molecule is CNC(=O)CNC(=O)C(CS)NC(=O)CCC(N)C(=O)O. The smallest absolute Gasteiger partial charge is 0.320 e. The molecule has 2 atom stereocenters. The van der Waals surface area contributed by atoms with Gasteiger partial charge in [0.1, 0.15) is 12.1 Å². The van der Waals surface area contributed by atoms with E-state index in [1.54, 1.807) is 0 Å². The highest BCUT2D eigenvalue weighted by Gasteiger charge is 2.20. The van der Waals surface area contributed by atoms with E-state index in [-0.39, 0.29) is 31.0 Å². The molecule has 0 aromatic carbocycles. The molecule has 0 fully saturated rings. The first-order chi connectivity index (χ1) is 9.81. The highest BCUT2D eigenvalue weighted by Crippen LogP contribution is 1.97. The molecule has 0 aromatic rings. The van der Waals surface area contributed by atoms with E-state index in [1.807, 2.05) is 0 Å². The van der Waals surface area contributed by atoms with Crippen LogP contribution in [0.3, 0.4) is 0 Å². The fourth-order valence-electron chi connectivity index (χ4n) is 1.25. The minimum atomic E-state index is -1.20. The second kappa shape index (κ2) is 10.00. The lowest BCUT2D eigenvalue weighted by Crippen LogP contribution is -2.50. The Labute approximate surface area is 127 Å². The van der Waals surface area contributed by atoms with Gasteiger partial charge in [-0.25, -0.2) is 0 Å². The van der Waals surface area contributed by atoms with Crippen LogP contribution in [0.2, 0.25) is 0 Å². The number of rotatable bonds is 9. The van der Waals surface area contributed by atoms with Crippen LogP contribution < -0.4 is 21.7 Å². The van der Waals surface area contributed by atoms with Crippen LogP contribution in [0.15, 0.2) is 0 Å². The average molecular weight is 320 g/mol. The van der Waals surface area contributed by atoms with Crippen LogP contribution in [0.4, 0.5) is 0 Å². The largest absolute Gasteiger partial charge is 0.480 e. The molecule has 21 heavy (non-hydrogen) atoms. The van der Waals surface area contributed by atoms with Crippen LogP contribution in [0.5, 0.6) is 0 Å². The molecule has 0 rings (SSSR count). The van der Waals surface area contributed by atoms with E-state index >= 15 is 0 Å². The number of aliphatic carboxylic acids is 1. The molecule has 0 bridgehead atoms. The van der Waals surface area contributed by atoms with Crippen molar-refractivity contribution < 1.29 is 24.3 Å². The maximum Gasteiger partial charge on any atom is 0.320 e. The quantitative estimate of drug-likeness (QED) is 0.258. The normalized spacial score (nSPS) is 12.9. The van der Waals surface area contributed by atoms with Gasteiger partial charge < -0.3 is 26.8 Å². The van der Waals surface area contributed by atoms with Crippen molar-refractivity contribution in [3.63, 3.8) is 0 Å². The molecule has 120 valence electrons. The van der Waals surface area contributed by atoms with E-state index in [4.69, 9.17) is 10.8 Å². The first kappa shape index (κ1) is 19.2. The van der Waals surface area contributed by atoms with Gasteiger partial charge in [-0.1, -0.05) is 0 Å². The Hall–Kier alpha value is -1.81. The monoisotopic (exact) mass is 320 g/mol. The van der Waals surface area contributed by atoms with E-state index in [2.05, 4.69) is 28.6 Å². The summed E-state index contributed by atoms with van der Waals surface area (Å²) in [6, 6.07) is -2.04. The molecule has 0 heterocycles. The van der Waals surface area contributed by atoms with E-state index in [1.165, 1.54) is 7.05 Å². The van der Waals surface area contributed by atoms with Gasteiger partial charge in [0.05, 0.1) is 6.54 Å². The number of hydrogen-bond acceptors (Lipinski definition) is 6. The van der Waals surface area contributed by atoms with Gasteiger partial charge in [0.25, 0.3) is 0 Å². The topological polar surface area (TPSA) is 151 Å². The van der Waals surface area contributed by atoms with Crippen LogP contribution in [-0.4, -0.2) is 60.2 Å². The van der Waals surface area contributed by atoms with E-state index in [0.717, 1.165) is 0 Å². The summed E-state index contributed by atoms with van der Waals surface area (Å²) in [6.45, 7) is -0.209. The van der Waals surface area contributed by atoms with Crippen molar-refractivity contribution >= 4 is 36.3 Å². The fourth-order valence-corrected chi connectivity index (χ4v) is 1.51. The van der Waals surface area contributed by atoms with Crippen LogP contribution in [0.1, 0.15) is 12.8 Å². The van der Waals surface area contributed by atoms with Crippen LogP contribution in [0, 0.1) is 0 Å². The Morgan fingerprint density at radius 3 is 2.33 bits per heavy atom. The van der Waals surface area contributed by atoms with Gasteiger partial charge in [0.2, 0.25) is 17.7 Å². The van der Waals surface area contributed by atoms with Gasteiger partial charge in [-0.2, -0.15) is 12.6 Å². The number of carbonyl (C=O) groups excluding carboxylic acids is 3. The van der Waals surface area contributed by atoms with Crippen molar-refractivity contribution in [2.24, 2.45) is 5.73 Å². The van der Waals surface area contributed by atoms with Gasteiger partial charge in [-0.05, 0) is 6.42 Å². The molecule has 0 aliphatic carbocycles. The Balaban J connectivity index is 4.23. The standard InChI is InChI=1S/C11H20N4O5S/c1-13-9(17)4-14-10(18)7(5-21)15-8(16)3-2-6(12)11(19)20/h6-7,21H,2-5,12H2,1H3,(H,13,17)(H,14,18)(H,15,16)(H,19,20). The van der Waals surface area contributed by atoms with E-state index in [0.29, 0.717) is 0 Å². The molecule has 3 amide bonds. The molecule has 0 saturated heterocycles. The maximum absolute atomic E-state index is 11.7. The lowest BCUT2D eigenvalue weighted by Gasteiger charge is -2.16. The summed E-state index contributed by atoms with van der Waals surface area (Å²) in [4.78, 5) is 44.8. The molecular formula is C11H20N4O5S. The number of nitrogens with one attached hydrogen (secondary N) is 3. The zero-order valence-electron chi connectivity index (χ0n) is 11.6. The molecule has 9 nitrogen and oxygen atoms in total. The molecule has 0 aliphatic rings. The lowest BCUT2D eigenvalue weighted by molar-refractivity contribution is -0.138. The first-order valence-corrected chi connectivity index (χ1v) is 6.82.